The molecule has 0 bridgehead atoms. The van der Waals surface area contributed by atoms with Crippen LogP contribution in [0.5, 0.6) is 0 Å². The van der Waals surface area contributed by atoms with Crippen molar-refractivity contribution in [3.63, 3.8) is 0 Å². The van der Waals surface area contributed by atoms with E-state index in [0.717, 1.165) is 25.3 Å². The molecule has 0 aromatic carbocycles. The van der Waals surface area contributed by atoms with E-state index in [1.807, 2.05) is 6.92 Å². The Hall–Kier alpha value is -2.18. The predicted molar refractivity (Wildman–Crippen MR) is 89.6 cm³/mol. The average molecular weight is 343 g/mol. The van der Waals surface area contributed by atoms with E-state index in [1.165, 1.54) is 25.3 Å². The summed E-state index contributed by atoms with van der Waals surface area (Å²) >= 11 is 0. The van der Waals surface area contributed by atoms with E-state index in [1.54, 1.807) is 0 Å². The number of unbranched alkanes of at least 4 members (excludes halogenated alkanes) is 2. The van der Waals surface area contributed by atoms with E-state index >= 15 is 0 Å². The highest BCUT2D eigenvalue weighted by Crippen LogP contribution is 2.34. The lowest BCUT2D eigenvalue weighted by molar-refractivity contribution is -0.140. The van der Waals surface area contributed by atoms with Gasteiger partial charge in [0, 0.05) is 18.3 Å². The molecule has 0 fully saturated rings. The number of rotatable bonds is 8. The maximum Gasteiger partial charge on any atom is 0.435 e. The Morgan fingerprint density at radius 3 is 2.58 bits per heavy atom. The zero-order valence-corrected chi connectivity index (χ0v) is 13.8. The molecule has 0 unspecified atom stereocenters. The molecule has 7 heteroatoms. The number of alkyl halides is 3. The summed E-state index contributed by atoms with van der Waals surface area (Å²) in [4.78, 5) is 7.15. The molecule has 1 aromatic heterocycles. The molecule has 0 aliphatic rings. The summed E-state index contributed by atoms with van der Waals surface area (Å²) in [7, 11) is 0. The Labute approximate surface area is 139 Å². The second-order valence-electron chi connectivity index (χ2n) is 5.22. The van der Waals surface area contributed by atoms with Crippen LogP contribution in [0.15, 0.2) is 35.2 Å². The van der Waals surface area contributed by atoms with Crippen molar-refractivity contribution in [1.82, 2.24) is 4.98 Å². The quantitative estimate of drug-likeness (QED) is 0.288. The van der Waals surface area contributed by atoms with E-state index in [2.05, 4.69) is 22.0 Å². The number of pyridine rings is 1. The Balaban J connectivity index is 3.21. The van der Waals surface area contributed by atoms with Gasteiger partial charge in [-0.1, -0.05) is 19.8 Å². The van der Waals surface area contributed by atoms with Gasteiger partial charge in [0.25, 0.3) is 0 Å². The third-order valence-corrected chi connectivity index (χ3v) is 3.14. The molecule has 0 aliphatic carbocycles. The molecule has 0 radical (unpaired) electrons. The van der Waals surface area contributed by atoms with Crippen molar-refractivity contribution in [3.05, 3.63) is 41.6 Å². The molecule has 24 heavy (non-hydrogen) atoms. The van der Waals surface area contributed by atoms with Gasteiger partial charge in [-0.25, -0.2) is 9.37 Å². The number of nitrogens with one attached hydrogen (secondary N) is 1. The van der Waals surface area contributed by atoms with Gasteiger partial charge in [-0.2, -0.15) is 13.2 Å². The van der Waals surface area contributed by atoms with Crippen molar-refractivity contribution >= 4 is 18.0 Å². The molecule has 0 saturated heterocycles. The summed E-state index contributed by atoms with van der Waals surface area (Å²) in [6.07, 6.45) is 0.279. The standard InChI is InChI=1S/C17H21F4N3/c1-4-5-6-9-23-15-8-7-14(24-16(15)17(19,20)21)13(11-22-3)10-12(2)18/h7-8,10-11,23H,3-6,9H2,1-2H3/b12-10+,13-11+. The minimum Gasteiger partial charge on any atom is -0.383 e. The molecule has 0 atom stereocenters. The molecule has 3 nitrogen and oxygen atoms in total. The van der Waals surface area contributed by atoms with Crippen LogP contribution in [0.25, 0.3) is 5.57 Å². The van der Waals surface area contributed by atoms with Crippen LogP contribution < -0.4 is 5.32 Å². The fraction of sp³-hybridized carbons (Fsp3) is 0.412. The second-order valence-corrected chi connectivity index (χ2v) is 5.22. The van der Waals surface area contributed by atoms with Gasteiger partial charge in [-0.3, -0.25) is 4.99 Å². The number of hydrogen-bond donors (Lipinski definition) is 1. The van der Waals surface area contributed by atoms with Crippen LogP contribution in [0.3, 0.4) is 0 Å². The van der Waals surface area contributed by atoms with Gasteiger partial charge >= 0.3 is 6.18 Å². The Bertz CT molecular complexity index is 615. The SMILES string of the molecule is C=N/C=C(\C=C(/C)F)c1ccc(NCCCCC)c(C(F)(F)F)n1. The van der Waals surface area contributed by atoms with Crippen LogP contribution in [-0.2, 0) is 6.18 Å². The molecule has 0 spiro atoms. The Kier molecular flexibility index (Phi) is 7.61. The van der Waals surface area contributed by atoms with Crippen molar-refractivity contribution in [1.29, 1.82) is 0 Å². The first-order valence-corrected chi connectivity index (χ1v) is 7.61. The van der Waals surface area contributed by atoms with Crippen LogP contribution in [-0.4, -0.2) is 18.2 Å². The summed E-state index contributed by atoms with van der Waals surface area (Å²) in [5, 5.41) is 2.77. The third kappa shape index (κ3) is 6.14. The third-order valence-electron chi connectivity index (χ3n) is 3.14. The molecule has 132 valence electrons. The molecule has 1 rings (SSSR count). The van der Waals surface area contributed by atoms with E-state index in [-0.39, 0.29) is 17.0 Å². The summed E-state index contributed by atoms with van der Waals surface area (Å²) in [6.45, 7) is 6.87. The predicted octanol–water partition coefficient (Wildman–Crippen LogP) is 5.62. The summed E-state index contributed by atoms with van der Waals surface area (Å²) in [5.74, 6) is -0.568. The van der Waals surface area contributed by atoms with Crippen LogP contribution in [0.2, 0.25) is 0 Å². The molecule has 0 amide bonds. The monoisotopic (exact) mass is 343 g/mol. The lowest BCUT2D eigenvalue weighted by Gasteiger charge is -2.15. The van der Waals surface area contributed by atoms with E-state index in [4.69, 9.17) is 0 Å². The Morgan fingerprint density at radius 2 is 2.04 bits per heavy atom. The highest BCUT2D eigenvalue weighted by molar-refractivity contribution is 5.73. The van der Waals surface area contributed by atoms with Crippen LogP contribution >= 0.6 is 0 Å². The van der Waals surface area contributed by atoms with Gasteiger partial charge in [0.15, 0.2) is 5.69 Å². The minimum atomic E-state index is -4.62. The fourth-order valence-electron chi connectivity index (χ4n) is 2.07. The number of aromatic nitrogens is 1. The van der Waals surface area contributed by atoms with E-state index in [9.17, 15) is 17.6 Å². The van der Waals surface area contributed by atoms with Gasteiger partial charge in [-0.15, -0.1) is 0 Å². The van der Waals surface area contributed by atoms with Crippen LogP contribution in [0.1, 0.15) is 44.5 Å². The number of anilines is 1. The smallest absolute Gasteiger partial charge is 0.383 e. The normalized spacial score (nSPS) is 13.1. The molecular formula is C17H21F4N3. The van der Waals surface area contributed by atoms with Crippen molar-refractivity contribution in [3.8, 4) is 0 Å². The second kappa shape index (κ2) is 9.20. The first-order chi connectivity index (χ1) is 11.3. The first-order valence-electron chi connectivity index (χ1n) is 7.61. The lowest BCUT2D eigenvalue weighted by Crippen LogP contribution is -2.15. The largest absolute Gasteiger partial charge is 0.435 e. The topological polar surface area (TPSA) is 37.3 Å². The number of allylic oxidation sites excluding steroid dienone is 3. The van der Waals surface area contributed by atoms with Gasteiger partial charge in [0.05, 0.1) is 17.2 Å². The molecule has 0 aliphatic heterocycles. The molecular weight excluding hydrogens is 322 g/mol. The van der Waals surface area contributed by atoms with Crippen molar-refractivity contribution in [2.45, 2.75) is 39.3 Å². The molecule has 1 heterocycles. The molecule has 1 aromatic rings. The number of hydrogen-bond acceptors (Lipinski definition) is 3. The maximum absolute atomic E-state index is 13.3. The number of nitrogens with zero attached hydrogens (tertiary/aromatic N) is 2. The lowest BCUT2D eigenvalue weighted by atomic mass is 10.1. The zero-order valence-electron chi connectivity index (χ0n) is 13.8. The first kappa shape index (κ1) is 19.9. The minimum absolute atomic E-state index is 0.0224. The summed E-state index contributed by atoms with van der Waals surface area (Å²) < 4.78 is 52.9. The average Bonchev–Trinajstić information content (AvgIpc) is 2.50. The summed E-state index contributed by atoms with van der Waals surface area (Å²) in [6, 6.07) is 2.70. The van der Waals surface area contributed by atoms with Gasteiger partial charge in [-0.05, 0) is 38.3 Å². The highest BCUT2D eigenvalue weighted by atomic mass is 19.4. The van der Waals surface area contributed by atoms with Crippen LogP contribution in [0.4, 0.5) is 23.2 Å². The van der Waals surface area contributed by atoms with E-state index in [0.29, 0.717) is 6.54 Å². The van der Waals surface area contributed by atoms with Crippen LogP contribution in [0, 0.1) is 0 Å². The van der Waals surface area contributed by atoms with Crippen molar-refractivity contribution in [2.24, 2.45) is 4.99 Å². The maximum atomic E-state index is 13.3. The van der Waals surface area contributed by atoms with Crippen molar-refractivity contribution in [2.75, 3.05) is 11.9 Å². The Morgan fingerprint density at radius 1 is 1.33 bits per heavy atom. The number of aliphatic imine (C=N–C) groups is 1. The van der Waals surface area contributed by atoms with Gasteiger partial charge in [0.1, 0.15) is 0 Å². The van der Waals surface area contributed by atoms with E-state index < -0.39 is 17.7 Å². The summed E-state index contributed by atoms with van der Waals surface area (Å²) in [5.41, 5.74) is -1.02. The van der Waals surface area contributed by atoms with Gasteiger partial charge < -0.3 is 5.32 Å². The highest BCUT2D eigenvalue weighted by Gasteiger charge is 2.36. The van der Waals surface area contributed by atoms with Crippen molar-refractivity contribution < 1.29 is 17.6 Å². The molecule has 1 N–H and O–H groups in total. The molecule has 0 saturated carbocycles. The zero-order chi connectivity index (χ0) is 18.2. The number of halogens is 4. The fourth-order valence-corrected chi connectivity index (χ4v) is 2.07. The van der Waals surface area contributed by atoms with Gasteiger partial charge in [0.2, 0.25) is 0 Å².